The topological polar surface area (TPSA) is 87.2 Å². The number of hydrogen-bond donors (Lipinski definition) is 0. The molecule has 0 aliphatic carbocycles. The molecule has 0 spiro atoms. The van der Waals surface area contributed by atoms with Gasteiger partial charge in [-0.25, -0.2) is 14.8 Å². The maximum atomic E-state index is 12.5. The van der Waals surface area contributed by atoms with E-state index >= 15 is 0 Å². The van der Waals surface area contributed by atoms with E-state index < -0.39 is 5.97 Å². The van der Waals surface area contributed by atoms with Crippen molar-refractivity contribution in [1.82, 2.24) is 14.5 Å². The first-order valence-electron chi connectivity index (χ1n) is 8.16. The average molecular weight is 381 g/mol. The third-order valence-corrected chi connectivity index (χ3v) is 5.30. The Hall–Kier alpha value is -3.26. The maximum absolute atomic E-state index is 12.5. The SMILES string of the molecule is Cc1c(C(=O)OCc2coc(-c3ccccc3)n2)sc2ncn(C)c(=O)c12. The van der Waals surface area contributed by atoms with Crippen LogP contribution >= 0.6 is 11.3 Å². The number of rotatable bonds is 4. The van der Waals surface area contributed by atoms with Crippen LogP contribution in [0.5, 0.6) is 0 Å². The highest BCUT2D eigenvalue weighted by atomic mass is 32.1. The fourth-order valence-electron chi connectivity index (χ4n) is 2.70. The Morgan fingerprint density at radius 1 is 1.30 bits per heavy atom. The molecule has 3 aromatic heterocycles. The number of benzene rings is 1. The van der Waals surface area contributed by atoms with Crippen LogP contribution in [0.3, 0.4) is 0 Å². The van der Waals surface area contributed by atoms with Crippen molar-refractivity contribution in [2.24, 2.45) is 7.05 Å². The van der Waals surface area contributed by atoms with Crippen molar-refractivity contribution in [1.29, 1.82) is 0 Å². The Labute approximate surface area is 157 Å². The molecule has 136 valence electrons. The number of hydrogen-bond acceptors (Lipinski definition) is 7. The number of ether oxygens (including phenoxy) is 1. The van der Waals surface area contributed by atoms with Crippen LogP contribution in [0.15, 0.2) is 52.1 Å². The Bertz CT molecular complexity index is 1190. The molecule has 0 unspecified atom stereocenters. The van der Waals surface area contributed by atoms with E-state index in [1.165, 1.54) is 17.2 Å². The Balaban J connectivity index is 1.53. The van der Waals surface area contributed by atoms with E-state index in [-0.39, 0.29) is 12.2 Å². The van der Waals surface area contributed by atoms with E-state index in [0.717, 1.165) is 16.9 Å². The van der Waals surface area contributed by atoms with Crippen molar-refractivity contribution >= 4 is 27.5 Å². The normalized spacial score (nSPS) is 11.0. The van der Waals surface area contributed by atoms with Crippen LogP contribution in [-0.4, -0.2) is 20.5 Å². The summed E-state index contributed by atoms with van der Waals surface area (Å²) < 4.78 is 12.2. The molecule has 0 amide bonds. The summed E-state index contributed by atoms with van der Waals surface area (Å²) in [5, 5.41) is 0.449. The van der Waals surface area contributed by atoms with E-state index in [2.05, 4.69) is 9.97 Å². The number of carbonyl (C=O) groups excluding carboxylic acids is 1. The molecule has 27 heavy (non-hydrogen) atoms. The summed E-state index contributed by atoms with van der Waals surface area (Å²) in [5.41, 5.74) is 1.75. The first-order chi connectivity index (χ1) is 13.0. The second-order valence-corrected chi connectivity index (χ2v) is 6.98. The van der Waals surface area contributed by atoms with Crippen LogP contribution in [0.4, 0.5) is 0 Å². The highest BCUT2D eigenvalue weighted by Gasteiger charge is 2.20. The standard InChI is InChI=1S/C19H15N3O4S/c1-11-14-17(20-10-22(2)18(14)23)27-15(11)19(24)26-9-13-8-25-16(21-13)12-6-4-3-5-7-12/h3-8,10H,9H2,1-2H3. The number of aromatic nitrogens is 3. The third-order valence-electron chi connectivity index (χ3n) is 4.12. The van der Waals surface area contributed by atoms with Crippen LogP contribution in [0.25, 0.3) is 21.7 Å². The van der Waals surface area contributed by atoms with Gasteiger partial charge in [0.25, 0.3) is 5.56 Å². The summed E-state index contributed by atoms with van der Waals surface area (Å²) in [4.78, 5) is 34.2. The molecule has 0 saturated carbocycles. The Morgan fingerprint density at radius 3 is 2.85 bits per heavy atom. The molecule has 8 heteroatoms. The summed E-state index contributed by atoms with van der Waals surface area (Å²) in [6.45, 7) is 1.70. The van der Waals surface area contributed by atoms with Crippen molar-refractivity contribution in [2.45, 2.75) is 13.5 Å². The smallest absolute Gasteiger partial charge is 0.349 e. The molecule has 4 aromatic rings. The van der Waals surface area contributed by atoms with Gasteiger partial charge in [-0.05, 0) is 24.6 Å². The van der Waals surface area contributed by atoms with Gasteiger partial charge in [-0.15, -0.1) is 11.3 Å². The van der Waals surface area contributed by atoms with Crippen molar-refractivity contribution in [2.75, 3.05) is 0 Å². The first-order valence-corrected chi connectivity index (χ1v) is 8.98. The fourth-order valence-corrected chi connectivity index (χ4v) is 3.73. The van der Waals surface area contributed by atoms with E-state index in [4.69, 9.17) is 9.15 Å². The zero-order chi connectivity index (χ0) is 19.0. The van der Waals surface area contributed by atoms with Crippen LogP contribution in [0.2, 0.25) is 0 Å². The number of oxazole rings is 1. The lowest BCUT2D eigenvalue weighted by atomic mass is 10.2. The predicted octanol–water partition coefficient (Wildman–Crippen LogP) is 3.32. The van der Waals surface area contributed by atoms with Gasteiger partial charge >= 0.3 is 5.97 Å². The molecular weight excluding hydrogens is 366 g/mol. The Morgan fingerprint density at radius 2 is 2.07 bits per heavy atom. The van der Waals surface area contributed by atoms with Gasteiger partial charge < -0.3 is 13.7 Å². The summed E-state index contributed by atoms with van der Waals surface area (Å²) in [6, 6.07) is 9.46. The van der Waals surface area contributed by atoms with E-state index in [0.29, 0.717) is 32.2 Å². The maximum Gasteiger partial charge on any atom is 0.349 e. The third kappa shape index (κ3) is 3.15. The van der Waals surface area contributed by atoms with Crippen molar-refractivity contribution in [3.63, 3.8) is 0 Å². The van der Waals surface area contributed by atoms with Gasteiger partial charge in [-0.1, -0.05) is 18.2 Å². The minimum Gasteiger partial charge on any atom is -0.455 e. The number of thiophene rings is 1. The first kappa shape index (κ1) is 17.2. The monoisotopic (exact) mass is 381 g/mol. The second kappa shape index (κ2) is 6.81. The fraction of sp³-hybridized carbons (Fsp3) is 0.158. The van der Waals surface area contributed by atoms with Crippen LogP contribution in [-0.2, 0) is 18.4 Å². The van der Waals surface area contributed by atoms with Crippen LogP contribution in [0.1, 0.15) is 20.9 Å². The molecule has 0 aliphatic rings. The summed E-state index contributed by atoms with van der Waals surface area (Å²) in [6.07, 6.45) is 2.90. The van der Waals surface area contributed by atoms with Crippen molar-refractivity contribution < 1.29 is 13.9 Å². The molecule has 0 saturated heterocycles. The molecule has 0 radical (unpaired) electrons. The quantitative estimate of drug-likeness (QED) is 0.504. The lowest BCUT2D eigenvalue weighted by molar-refractivity contribution is 0.0473. The van der Waals surface area contributed by atoms with Gasteiger partial charge in [0.2, 0.25) is 5.89 Å². The van der Waals surface area contributed by atoms with Crippen molar-refractivity contribution in [3.8, 4) is 11.5 Å². The minimum atomic E-state index is -0.512. The molecule has 0 bridgehead atoms. The van der Waals surface area contributed by atoms with Gasteiger partial charge in [-0.3, -0.25) is 4.79 Å². The highest BCUT2D eigenvalue weighted by Crippen LogP contribution is 2.27. The molecule has 0 atom stereocenters. The van der Waals surface area contributed by atoms with Gasteiger partial charge in [0.15, 0.2) is 0 Å². The summed E-state index contributed by atoms with van der Waals surface area (Å²) in [5.74, 6) is -0.0470. The van der Waals surface area contributed by atoms with Crippen molar-refractivity contribution in [3.05, 3.63) is 69.4 Å². The largest absolute Gasteiger partial charge is 0.455 e. The summed E-state index contributed by atoms with van der Waals surface area (Å²) >= 11 is 1.15. The predicted molar refractivity (Wildman–Crippen MR) is 101 cm³/mol. The number of carbonyl (C=O) groups is 1. The molecule has 7 nitrogen and oxygen atoms in total. The number of esters is 1. The number of fused-ring (bicyclic) bond motifs is 1. The minimum absolute atomic E-state index is 0.0196. The van der Waals surface area contributed by atoms with E-state index in [1.807, 2.05) is 30.3 Å². The molecule has 3 heterocycles. The van der Waals surface area contributed by atoms with Gasteiger partial charge in [-0.2, -0.15) is 0 Å². The van der Waals surface area contributed by atoms with Crippen LogP contribution in [0, 0.1) is 6.92 Å². The van der Waals surface area contributed by atoms with Gasteiger partial charge in [0.05, 0.1) is 11.7 Å². The highest BCUT2D eigenvalue weighted by molar-refractivity contribution is 7.20. The van der Waals surface area contributed by atoms with Gasteiger partial charge in [0.1, 0.15) is 28.3 Å². The molecule has 0 aliphatic heterocycles. The Kier molecular flexibility index (Phi) is 4.33. The van der Waals surface area contributed by atoms with E-state index in [9.17, 15) is 9.59 Å². The summed E-state index contributed by atoms with van der Waals surface area (Å²) in [7, 11) is 1.62. The molecular formula is C19H15N3O4S. The van der Waals surface area contributed by atoms with Crippen LogP contribution < -0.4 is 5.56 Å². The lowest BCUT2D eigenvalue weighted by Crippen LogP contribution is -2.16. The zero-order valence-corrected chi connectivity index (χ0v) is 15.4. The lowest BCUT2D eigenvalue weighted by Gasteiger charge is -2.01. The molecule has 0 N–H and O–H groups in total. The van der Waals surface area contributed by atoms with Gasteiger partial charge in [0, 0.05) is 12.6 Å². The van der Waals surface area contributed by atoms with E-state index in [1.54, 1.807) is 14.0 Å². The molecule has 0 fully saturated rings. The molecule has 1 aromatic carbocycles. The molecule has 4 rings (SSSR count). The number of aryl methyl sites for hydroxylation is 2. The number of nitrogens with zero attached hydrogens (tertiary/aromatic N) is 3. The zero-order valence-electron chi connectivity index (χ0n) is 14.6. The second-order valence-electron chi connectivity index (χ2n) is 5.98. The average Bonchev–Trinajstić information content (AvgIpc) is 3.29.